The van der Waals surface area contributed by atoms with Crippen molar-refractivity contribution in [3.63, 3.8) is 0 Å². The van der Waals surface area contributed by atoms with Crippen molar-refractivity contribution in [2.24, 2.45) is 0 Å². The largest absolute Gasteiger partial charge is 0.493 e. The van der Waals surface area contributed by atoms with Crippen LogP contribution in [0.4, 0.5) is 0 Å². The maximum atomic E-state index is 12.4. The number of carbonyl (C=O) groups excluding carboxylic acids is 2. The molecule has 1 heterocycles. The number of likely N-dealkylation sites (tertiary alicyclic amines) is 1. The first kappa shape index (κ1) is 17.8. The molecular formula is C18H24N2O4. The summed E-state index contributed by atoms with van der Waals surface area (Å²) < 4.78 is 10.7. The summed E-state index contributed by atoms with van der Waals surface area (Å²) in [4.78, 5) is 25.8. The lowest BCUT2D eigenvalue weighted by Crippen LogP contribution is -2.42. The standard InChI is InChI=1S/C18H24N2O4/c1-4-10-24-15-8-7-14(11-16(15)23-3)18(22)19-13(2)12-20-9-5-6-17(20)21/h4,7-8,11,13H,1,5-6,9-10,12H2,2-3H3,(H,19,22)/t13-/m0/s1. The molecule has 1 N–H and O–H groups in total. The fourth-order valence-electron chi connectivity index (χ4n) is 2.66. The number of hydrogen-bond donors (Lipinski definition) is 1. The van der Waals surface area contributed by atoms with Crippen molar-refractivity contribution in [2.75, 3.05) is 26.8 Å². The van der Waals surface area contributed by atoms with E-state index < -0.39 is 0 Å². The number of rotatable bonds is 8. The summed E-state index contributed by atoms with van der Waals surface area (Å²) in [6, 6.07) is 4.90. The lowest BCUT2D eigenvalue weighted by molar-refractivity contribution is -0.127. The maximum absolute atomic E-state index is 12.4. The molecule has 2 amide bonds. The van der Waals surface area contributed by atoms with E-state index in [2.05, 4.69) is 11.9 Å². The van der Waals surface area contributed by atoms with Crippen LogP contribution in [-0.4, -0.2) is 49.6 Å². The van der Waals surface area contributed by atoms with Gasteiger partial charge in [0.05, 0.1) is 7.11 Å². The van der Waals surface area contributed by atoms with Gasteiger partial charge in [-0.3, -0.25) is 9.59 Å². The summed E-state index contributed by atoms with van der Waals surface area (Å²) in [5.41, 5.74) is 0.484. The number of methoxy groups -OCH3 is 1. The molecule has 0 saturated carbocycles. The van der Waals surface area contributed by atoms with Crippen molar-refractivity contribution in [2.45, 2.75) is 25.8 Å². The summed E-state index contributed by atoms with van der Waals surface area (Å²) in [6.07, 6.45) is 3.13. The van der Waals surface area contributed by atoms with Gasteiger partial charge in [0.2, 0.25) is 5.91 Å². The van der Waals surface area contributed by atoms with Gasteiger partial charge in [-0.2, -0.15) is 0 Å². The monoisotopic (exact) mass is 332 g/mol. The highest BCUT2D eigenvalue weighted by Crippen LogP contribution is 2.28. The molecule has 0 radical (unpaired) electrons. The van der Waals surface area contributed by atoms with Crippen LogP contribution in [0.25, 0.3) is 0 Å². The predicted molar refractivity (Wildman–Crippen MR) is 91.4 cm³/mol. The summed E-state index contributed by atoms with van der Waals surface area (Å²) in [6.45, 7) is 7.15. The van der Waals surface area contributed by atoms with Gasteiger partial charge in [0.25, 0.3) is 5.91 Å². The van der Waals surface area contributed by atoms with E-state index in [1.54, 1.807) is 29.2 Å². The minimum atomic E-state index is -0.206. The highest BCUT2D eigenvalue weighted by Gasteiger charge is 2.22. The van der Waals surface area contributed by atoms with Crippen molar-refractivity contribution < 1.29 is 19.1 Å². The molecule has 0 spiro atoms. The van der Waals surface area contributed by atoms with E-state index in [0.29, 0.717) is 36.6 Å². The third-order valence-electron chi connectivity index (χ3n) is 3.83. The quantitative estimate of drug-likeness (QED) is 0.740. The van der Waals surface area contributed by atoms with Crippen LogP contribution in [0.5, 0.6) is 11.5 Å². The van der Waals surface area contributed by atoms with Gasteiger partial charge in [-0.25, -0.2) is 0 Å². The number of carbonyl (C=O) groups is 2. The minimum Gasteiger partial charge on any atom is -0.493 e. The van der Waals surface area contributed by atoms with E-state index >= 15 is 0 Å². The Kier molecular flexibility index (Phi) is 6.23. The molecule has 24 heavy (non-hydrogen) atoms. The fourth-order valence-corrected chi connectivity index (χ4v) is 2.66. The SMILES string of the molecule is C=CCOc1ccc(C(=O)N[C@@H](C)CN2CCCC2=O)cc1OC. The summed E-state index contributed by atoms with van der Waals surface area (Å²) in [5, 5.41) is 2.91. The van der Waals surface area contributed by atoms with Crippen LogP contribution >= 0.6 is 0 Å². The highest BCUT2D eigenvalue weighted by atomic mass is 16.5. The third-order valence-corrected chi connectivity index (χ3v) is 3.83. The van der Waals surface area contributed by atoms with Gasteiger partial charge in [-0.15, -0.1) is 0 Å². The molecule has 1 aromatic carbocycles. The molecule has 1 fully saturated rings. The molecule has 6 heteroatoms. The van der Waals surface area contributed by atoms with E-state index in [4.69, 9.17) is 9.47 Å². The van der Waals surface area contributed by atoms with Gasteiger partial charge >= 0.3 is 0 Å². The zero-order chi connectivity index (χ0) is 17.5. The van der Waals surface area contributed by atoms with Crippen LogP contribution in [0.2, 0.25) is 0 Å². The lowest BCUT2D eigenvalue weighted by atomic mass is 10.1. The predicted octanol–water partition coefficient (Wildman–Crippen LogP) is 2.00. The summed E-state index contributed by atoms with van der Waals surface area (Å²) in [5.74, 6) is 1.00. The average Bonchev–Trinajstić information content (AvgIpc) is 2.97. The second-order valence-electron chi connectivity index (χ2n) is 5.78. The topological polar surface area (TPSA) is 67.9 Å². The molecule has 1 aliphatic heterocycles. The normalized spacial score (nSPS) is 15.1. The van der Waals surface area contributed by atoms with Crippen LogP contribution in [0.15, 0.2) is 30.9 Å². The molecule has 1 atom stereocenters. The third kappa shape index (κ3) is 4.50. The number of nitrogens with one attached hydrogen (secondary N) is 1. The average molecular weight is 332 g/mol. The Bertz CT molecular complexity index is 615. The van der Waals surface area contributed by atoms with E-state index in [1.165, 1.54) is 7.11 Å². The van der Waals surface area contributed by atoms with Crippen molar-refractivity contribution in [3.8, 4) is 11.5 Å². The van der Waals surface area contributed by atoms with Crippen LogP contribution < -0.4 is 14.8 Å². The summed E-state index contributed by atoms with van der Waals surface area (Å²) in [7, 11) is 1.53. The zero-order valence-electron chi connectivity index (χ0n) is 14.2. The molecule has 2 rings (SSSR count). The highest BCUT2D eigenvalue weighted by molar-refractivity contribution is 5.95. The van der Waals surface area contributed by atoms with Gasteiger partial charge in [-0.1, -0.05) is 12.7 Å². The van der Waals surface area contributed by atoms with E-state index in [9.17, 15) is 9.59 Å². The molecule has 0 bridgehead atoms. The van der Waals surface area contributed by atoms with Gasteiger partial charge in [0, 0.05) is 31.1 Å². The van der Waals surface area contributed by atoms with Crippen LogP contribution in [-0.2, 0) is 4.79 Å². The first-order valence-corrected chi connectivity index (χ1v) is 8.05. The minimum absolute atomic E-state index is 0.123. The molecule has 1 saturated heterocycles. The van der Waals surface area contributed by atoms with Crippen LogP contribution in [0.3, 0.4) is 0 Å². The zero-order valence-corrected chi connectivity index (χ0v) is 14.2. The second-order valence-corrected chi connectivity index (χ2v) is 5.78. The van der Waals surface area contributed by atoms with Gasteiger partial charge in [0.15, 0.2) is 11.5 Å². The van der Waals surface area contributed by atoms with Crippen molar-refractivity contribution in [3.05, 3.63) is 36.4 Å². The van der Waals surface area contributed by atoms with Gasteiger partial charge < -0.3 is 19.7 Å². The van der Waals surface area contributed by atoms with Crippen LogP contribution in [0, 0.1) is 0 Å². The number of amides is 2. The number of ether oxygens (including phenoxy) is 2. The maximum Gasteiger partial charge on any atom is 0.251 e. The summed E-state index contributed by atoms with van der Waals surface area (Å²) >= 11 is 0. The first-order valence-electron chi connectivity index (χ1n) is 8.05. The van der Waals surface area contributed by atoms with Crippen molar-refractivity contribution >= 4 is 11.8 Å². The molecule has 130 valence electrons. The molecule has 1 aliphatic rings. The Morgan fingerprint density at radius 3 is 2.88 bits per heavy atom. The Labute approximate surface area is 142 Å². The van der Waals surface area contributed by atoms with Crippen molar-refractivity contribution in [1.82, 2.24) is 10.2 Å². The Morgan fingerprint density at radius 2 is 2.25 bits per heavy atom. The molecular weight excluding hydrogens is 308 g/mol. The Balaban J connectivity index is 1.98. The van der Waals surface area contributed by atoms with E-state index in [1.807, 2.05) is 6.92 Å². The van der Waals surface area contributed by atoms with Gasteiger partial charge in [0.1, 0.15) is 6.61 Å². The van der Waals surface area contributed by atoms with Crippen molar-refractivity contribution in [1.29, 1.82) is 0 Å². The molecule has 1 aromatic rings. The molecule has 0 aliphatic carbocycles. The Hall–Kier alpha value is -2.50. The fraction of sp³-hybridized carbons (Fsp3) is 0.444. The smallest absolute Gasteiger partial charge is 0.251 e. The number of nitrogens with zero attached hydrogens (tertiary/aromatic N) is 1. The van der Waals surface area contributed by atoms with Crippen LogP contribution in [0.1, 0.15) is 30.1 Å². The van der Waals surface area contributed by atoms with E-state index in [-0.39, 0.29) is 17.9 Å². The Morgan fingerprint density at radius 1 is 1.46 bits per heavy atom. The second kappa shape index (κ2) is 8.38. The van der Waals surface area contributed by atoms with E-state index in [0.717, 1.165) is 13.0 Å². The van der Waals surface area contributed by atoms with Gasteiger partial charge in [-0.05, 0) is 31.5 Å². The molecule has 0 aromatic heterocycles. The lowest BCUT2D eigenvalue weighted by Gasteiger charge is -2.21. The molecule has 0 unspecified atom stereocenters. The molecule has 6 nitrogen and oxygen atoms in total. The first-order chi connectivity index (χ1) is 11.5. The number of hydrogen-bond acceptors (Lipinski definition) is 4. The number of benzene rings is 1.